The van der Waals surface area contributed by atoms with Crippen LogP contribution in [-0.4, -0.2) is 39.5 Å². The third kappa shape index (κ3) is 2.86. The van der Waals surface area contributed by atoms with E-state index in [9.17, 15) is 4.79 Å². The zero-order valence-electron chi connectivity index (χ0n) is 16.4. The molecule has 1 fully saturated rings. The summed E-state index contributed by atoms with van der Waals surface area (Å²) >= 11 is 1.48. The van der Waals surface area contributed by atoms with Gasteiger partial charge in [0.1, 0.15) is 0 Å². The van der Waals surface area contributed by atoms with Crippen molar-refractivity contribution in [2.24, 2.45) is 13.0 Å². The number of amides is 1. The van der Waals surface area contributed by atoms with Gasteiger partial charge in [-0.1, -0.05) is 19.1 Å². The zero-order valence-corrected chi connectivity index (χ0v) is 17.2. The van der Waals surface area contributed by atoms with Gasteiger partial charge in [0, 0.05) is 54.2 Å². The van der Waals surface area contributed by atoms with Crippen molar-refractivity contribution in [2.45, 2.75) is 38.1 Å². The van der Waals surface area contributed by atoms with Gasteiger partial charge in [-0.3, -0.25) is 9.69 Å². The number of nitrogens with one attached hydrogen (secondary N) is 1. The molecule has 1 amide bonds. The maximum atomic E-state index is 13.0. The average molecular weight is 395 g/mol. The number of hydrogen-bond donors (Lipinski definition) is 1. The molecule has 3 heterocycles. The van der Waals surface area contributed by atoms with E-state index in [2.05, 4.69) is 58.1 Å². The van der Waals surface area contributed by atoms with Crippen LogP contribution in [0.3, 0.4) is 0 Å². The molecule has 1 N–H and O–H groups in total. The normalized spacial score (nSPS) is 24.3. The quantitative estimate of drug-likeness (QED) is 0.727. The average Bonchev–Trinajstić information content (AvgIpc) is 3.31. The molecule has 1 aliphatic carbocycles. The number of hydrogen-bond acceptors (Lipinski definition) is 4. The molecule has 1 saturated heterocycles. The molecule has 28 heavy (non-hydrogen) atoms. The maximum absolute atomic E-state index is 13.0. The maximum Gasteiger partial charge on any atom is 0.230 e. The number of benzene rings is 1. The number of fused-ring (bicyclic) bond motifs is 2. The molecule has 2 aliphatic rings. The highest BCUT2D eigenvalue weighted by molar-refractivity contribution is 7.13. The third-order valence-corrected chi connectivity index (χ3v) is 7.11. The van der Waals surface area contributed by atoms with Gasteiger partial charge in [-0.15, -0.1) is 11.3 Å². The number of aryl methyl sites for hydroxylation is 1. The summed E-state index contributed by atoms with van der Waals surface area (Å²) in [6.45, 7) is 4.11. The number of anilines is 1. The lowest BCUT2D eigenvalue weighted by molar-refractivity contribution is -0.122. The van der Waals surface area contributed by atoms with Crippen LogP contribution in [0.15, 0.2) is 36.0 Å². The number of thiazole rings is 1. The number of rotatable bonds is 4. The van der Waals surface area contributed by atoms with Crippen molar-refractivity contribution >= 4 is 33.3 Å². The van der Waals surface area contributed by atoms with Gasteiger partial charge < -0.3 is 9.88 Å². The molecule has 5 nitrogen and oxygen atoms in total. The van der Waals surface area contributed by atoms with Crippen molar-refractivity contribution < 1.29 is 4.79 Å². The van der Waals surface area contributed by atoms with Gasteiger partial charge in [0.15, 0.2) is 5.13 Å². The summed E-state index contributed by atoms with van der Waals surface area (Å²) in [5.74, 6) is 0.517. The molecule has 2 aromatic heterocycles. The van der Waals surface area contributed by atoms with Gasteiger partial charge in [0.25, 0.3) is 0 Å². The first-order chi connectivity index (χ1) is 13.7. The van der Waals surface area contributed by atoms with E-state index in [0.717, 1.165) is 32.4 Å². The Hall–Kier alpha value is -2.18. The molecule has 1 aromatic carbocycles. The van der Waals surface area contributed by atoms with Gasteiger partial charge in [0.05, 0.1) is 5.92 Å². The fraction of sp³-hybridized carbons (Fsp3) is 0.455. The first-order valence-electron chi connectivity index (χ1n) is 10.2. The van der Waals surface area contributed by atoms with E-state index in [4.69, 9.17) is 0 Å². The standard InChI is InChI=1S/C22H26N4OS/c1-3-8-26-13-15(21(27)24-22-23-7-9-28-22)10-17-16-5-4-6-18-20(16)14(11-19(17)26)12-25(18)2/h4-7,9,12,15,17,19H,3,8,10-11,13H2,1-2H3,(H,23,24,27)/t15?,17-,19-/m1/s1. The summed E-state index contributed by atoms with van der Waals surface area (Å²) in [6, 6.07) is 7.16. The zero-order chi connectivity index (χ0) is 19.3. The second-order valence-electron chi connectivity index (χ2n) is 8.14. The van der Waals surface area contributed by atoms with E-state index in [1.165, 1.54) is 33.4 Å². The Balaban J connectivity index is 1.50. The Morgan fingerprint density at radius 2 is 2.29 bits per heavy atom. The summed E-state index contributed by atoms with van der Waals surface area (Å²) in [6.07, 6.45) is 7.14. The van der Waals surface area contributed by atoms with E-state index in [0.29, 0.717) is 17.1 Å². The number of likely N-dealkylation sites (tertiary alicyclic amines) is 1. The highest BCUT2D eigenvalue weighted by atomic mass is 32.1. The Kier molecular flexibility index (Phi) is 4.48. The van der Waals surface area contributed by atoms with E-state index in [1.54, 1.807) is 6.20 Å². The van der Waals surface area contributed by atoms with Crippen LogP contribution in [-0.2, 0) is 18.3 Å². The van der Waals surface area contributed by atoms with Crippen LogP contribution >= 0.6 is 11.3 Å². The van der Waals surface area contributed by atoms with Gasteiger partial charge >= 0.3 is 0 Å². The molecule has 0 spiro atoms. The Morgan fingerprint density at radius 3 is 3.07 bits per heavy atom. The summed E-state index contributed by atoms with van der Waals surface area (Å²) in [7, 11) is 2.14. The molecule has 3 aromatic rings. The van der Waals surface area contributed by atoms with Crippen molar-refractivity contribution in [3.8, 4) is 0 Å². The number of nitrogens with zero attached hydrogens (tertiary/aromatic N) is 3. The fourth-order valence-corrected chi connectivity index (χ4v) is 5.83. The van der Waals surface area contributed by atoms with E-state index >= 15 is 0 Å². The molecule has 1 aliphatic heterocycles. The molecule has 0 bridgehead atoms. The predicted molar refractivity (Wildman–Crippen MR) is 114 cm³/mol. The third-order valence-electron chi connectivity index (χ3n) is 6.42. The molecule has 1 unspecified atom stereocenters. The lowest BCUT2D eigenvalue weighted by atomic mass is 9.72. The van der Waals surface area contributed by atoms with Crippen molar-refractivity contribution in [1.82, 2.24) is 14.5 Å². The molecule has 0 saturated carbocycles. The molecule has 5 rings (SSSR count). The molecular formula is C22H26N4OS. The van der Waals surface area contributed by atoms with Crippen LogP contribution in [0.5, 0.6) is 0 Å². The van der Waals surface area contributed by atoms with Crippen molar-refractivity contribution in [3.63, 3.8) is 0 Å². The smallest absolute Gasteiger partial charge is 0.230 e. The number of piperidine rings is 1. The number of carbonyl (C=O) groups excluding carboxylic acids is 1. The van der Waals surface area contributed by atoms with Crippen LogP contribution in [0.4, 0.5) is 5.13 Å². The SMILES string of the molecule is CCCN1CC(C(=O)Nc2nccs2)C[C@@H]2c3cccc4c3c(cn4C)C[C@H]21. The minimum absolute atomic E-state index is 0.00258. The number of carbonyl (C=O) groups is 1. The molecule has 0 radical (unpaired) electrons. The van der Waals surface area contributed by atoms with Crippen LogP contribution in [0, 0.1) is 5.92 Å². The monoisotopic (exact) mass is 394 g/mol. The van der Waals surface area contributed by atoms with E-state index in [1.807, 2.05) is 5.38 Å². The minimum Gasteiger partial charge on any atom is -0.350 e. The van der Waals surface area contributed by atoms with Gasteiger partial charge in [-0.25, -0.2) is 4.98 Å². The van der Waals surface area contributed by atoms with Gasteiger partial charge in [-0.2, -0.15) is 0 Å². The van der Waals surface area contributed by atoms with Crippen molar-refractivity contribution in [3.05, 3.63) is 47.1 Å². The Bertz CT molecular complexity index is 1010. The predicted octanol–water partition coefficient (Wildman–Crippen LogP) is 4.01. The molecule has 6 heteroatoms. The van der Waals surface area contributed by atoms with Crippen LogP contribution < -0.4 is 5.32 Å². The second kappa shape index (κ2) is 7.01. The van der Waals surface area contributed by atoms with Crippen molar-refractivity contribution in [1.29, 1.82) is 0 Å². The van der Waals surface area contributed by atoms with Crippen LogP contribution in [0.2, 0.25) is 0 Å². The summed E-state index contributed by atoms with van der Waals surface area (Å²) in [4.78, 5) is 19.8. The molecular weight excluding hydrogens is 368 g/mol. The van der Waals surface area contributed by atoms with Crippen LogP contribution in [0.25, 0.3) is 10.9 Å². The second-order valence-corrected chi connectivity index (χ2v) is 9.03. The first-order valence-corrected chi connectivity index (χ1v) is 11.0. The Labute approximate surface area is 169 Å². The molecule has 3 atom stereocenters. The topological polar surface area (TPSA) is 50.2 Å². The van der Waals surface area contributed by atoms with Gasteiger partial charge in [-0.05, 0) is 43.0 Å². The van der Waals surface area contributed by atoms with E-state index < -0.39 is 0 Å². The first kappa shape index (κ1) is 17.9. The lowest BCUT2D eigenvalue weighted by Gasteiger charge is -2.46. The summed E-state index contributed by atoms with van der Waals surface area (Å²) in [5.41, 5.74) is 4.20. The van der Waals surface area contributed by atoms with Crippen LogP contribution in [0.1, 0.15) is 36.8 Å². The van der Waals surface area contributed by atoms with Gasteiger partial charge in [0.2, 0.25) is 5.91 Å². The number of aromatic nitrogens is 2. The van der Waals surface area contributed by atoms with Crippen molar-refractivity contribution in [2.75, 3.05) is 18.4 Å². The fourth-order valence-electron chi connectivity index (χ4n) is 5.30. The Morgan fingerprint density at radius 1 is 1.39 bits per heavy atom. The minimum atomic E-state index is -0.00258. The summed E-state index contributed by atoms with van der Waals surface area (Å²) < 4.78 is 2.25. The molecule has 146 valence electrons. The largest absolute Gasteiger partial charge is 0.350 e. The lowest BCUT2D eigenvalue weighted by Crippen LogP contribution is -2.52. The summed E-state index contributed by atoms with van der Waals surface area (Å²) in [5, 5.41) is 7.05. The highest BCUT2D eigenvalue weighted by Gasteiger charge is 2.42. The highest BCUT2D eigenvalue weighted by Crippen LogP contribution is 2.45. The van der Waals surface area contributed by atoms with E-state index in [-0.39, 0.29) is 11.8 Å².